The van der Waals surface area contributed by atoms with E-state index >= 15 is 0 Å². The van der Waals surface area contributed by atoms with Crippen molar-refractivity contribution in [1.29, 1.82) is 0 Å². The summed E-state index contributed by atoms with van der Waals surface area (Å²) in [6.45, 7) is 1.01. The number of aliphatic hydroxyl groups excluding tert-OH is 1. The van der Waals surface area contributed by atoms with Crippen LogP contribution >= 0.6 is 0 Å². The summed E-state index contributed by atoms with van der Waals surface area (Å²) >= 11 is 0. The Hall–Kier alpha value is -1.80. The van der Waals surface area contributed by atoms with Gasteiger partial charge in [-0.25, -0.2) is 0 Å². The second kappa shape index (κ2) is 5.90. The van der Waals surface area contributed by atoms with Crippen LogP contribution in [0.2, 0.25) is 0 Å². The van der Waals surface area contributed by atoms with Crippen LogP contribution in [0.1, 0.15) is 12.0 Å². The number of benzene rings is 1. The number of nitrogen functional groups attached to an aromatic ring is 1. The zero-order chi connectivity index (χ0) is 15.6. The second-order valence-electron chi connectivity index (χ2n) is 5.03. The van der Waals surface area contributed by atoms with Crippen LogP contribution in [-0.4, -0.2) is 41.7 Å². The number of β-amino-alcohol motifs (C(OH)–C–C–N with tert-alkyl or cyclic N) is 1. The predicted molar refractivity (Wildman–Crippen MR) is 71.5 cm³/mol. The van der Waals surface area contributed by atoms with Gasteiger partial charge in [0.1, 0.15) is 0 Å². The molecule has 1 heterocycles. The number of nitrogens with two attached hydrogens (primary N) is 1. The number of carbonyl (C=O) groups excluding carboxylic acids is 1. The molecule has 1 atom stereocenters. The standard InChI is InChI=1S/C13H16F3N3O2/c14-13(15,16)10-5-8(1-2-11(10)17)18-12(21)7-19-4-3-9(20)6-19/h1-2,5,9,20H,3-4,6-7,17H2,(H,18,21). The van der Waals surface area contributed by atoms with Gasteiger partial charge in [0.25, 0.3) is 0 Å². The number of likely N-dealkylation sites (tertiary alicyclic amines) is 1. The highest BCUT2D eigenvalue weighted by Gasteiger charge is 2.33. The lowest BCUT2D eigenvalue weighted by atomic mass is 10.1. The van der Waals surface area contributed by atoms with Gasteiger partial charge in [0.2, 0.25) is 5.91 Å². The highest BCUT2D eigenvalue weighted by molar-refractivity contribution is 5.92. The molecule has 1 aliphatic heterocycles. The number of aliphatic hydroxyl groups is 1. The van der Waals surface area contributed by atoms with E-state index in [9.17, 15) is 23.1 Å². The molecule has 1 unspecified atom stereocenters. The van der Waals surface area contributed by atoms with Gasteiger partial charge in [0, 0.05) is 24.5 Å². The number of carbonyl (C=O) groups is 1. The monoisotopic (exact) mass is 303 g/mol. The molecule has 0 bridgehead atoms. The van der Waals surface area contributed by atoms with Crippen LogP contribution < -0.4 is 11.1 Å². The number of hydrogen-bond donors (Lipinski definition) is 3. The zero-order valence-electron chi connectivity index (χ0n) is 11.2. The smallest absolute Gasteiger partial charge is 0.398 e. The van der Waals surface area contributed by atoms with Crippen molar-refractivity contribution in [2.75, 3.05) is 30.7 Å². The van der Waals surface area contributed by atoms with E-state index in [1.807, 2.05) is 0 Å². The third-order valence-corrected chi connectivity index (χ3v) is 3.26. The quantitative estimate of drug-likeness (QED) is 0.735. The average Bonchev–Trinajstić information content (AvgIpc) is 2.75. The van der Waals surface area contributed by atoms with Crippen molar-refractivity contribution >= 4 is 17.3 Å². The van der Waals surface area contributed by atoms with Crippen molar-refractivity contribution in [1.82, 2.24) is 4.90 Å². The molecule has 5 nitrogen and oxygen atoms in total. The summed E-state index contributed by atoms with van der Waals surface area (Å²) in [5.74, 6) is -0.429. The van der Waals surface area contributed by atoms with Crippen LogP contribution in [0.25, 0.3) is 0 Å². The number of rotatable bonds is 3. The van der Waals surface area contributed by atoms with Crippen molar-refractivity contribution < 1.29 is 23.1 Å². The SMILES string of the molecule is Nc1ccc(NC(=O)CN2CCC(O)C2)cc1C(F)(F)F. The number of nitrogens with one attached hydrogen (secondary N) is 1. The summed E-state index contributed by atoms with van der Waals surface area (Å²) in [7, 11) is 0. The number of nitrogens with zero attached hydrogens (tertiary/aromatic N) is 1. The summed E-state index contributed by atoms with van der Waals surface area (Å²) < 4.78 is 38.1. The molecule has 1 fully saturated rings. The van der Waals surface area contributed by atoms with E-state index in [4.69, 9.17) is 5.73 Å². The number of alkyl halides is 3. The van der Waals surface area contributed by atoms with E-state index in [2.05, 4.69) is 5.32 Å². The number of anilines is 2. The molecule has 0 aromatic heterocycles. The molecular weight excluding hydrogens is 287 g/mol. The van der Waals surface area contributed by atoms with Gasteiger partial charge >= 0.3 is 6.18 Å². The first-order valence-corrected chi connectivity index (χ1v) is 6.42. The minimum Gasteiger partial charge on any atom is -0.398 e. The molecule has 116 valence electrons. The number of halogens is 3. The fourth-order valence-corrected chi connectivity index (χ4v) is 2.24. The fraction of sp³-hybridized carbons (Fsp3) is 0.462. The van der Waals surface area contributed by atoms with Gasteiger partial charge in [-0.15, -0.1) is 0 Å². The van der Waals surface area contributed by atoms with Crippen LogP contribution in [-0.2, 0) is 11.0 Å². The first-order valence-electron chi connectivity index (χ1n) is 6.42. The Labute approximate surface area is 119 Å². The van der Waals surface area contributed by atoms with Crippen LogP contribution in [0.3, 0.4) is 0 Å². The Morgan fingerprint density at radius 3 is 2.76 bits per heavy atom. The van der Waals surface area contributed by atoms with Crippen LogP contribution in [0.15, 0.2) is 18.2 Å². The Morgan fingerprint density at radius 2 is 2.19 bits per heavy atom. The molecule has 4 N–H and O–H groups in total. The molecule has 2 rings (SSSR count). The van der Waals surface area contributed by atoms with Crippen LogP contribution in [0.4, 0.5) is 24.5 Å². The van der Waals surface area contributed by atoms with E-state index in [-0.39, 0.29) is 17.9 Å². The lowest BCUT2D eigenvalue weighted by Gasteiger charge is -2.16. The summed E-state index contributed by atoms with van der Waals surface area (Å²) in [5.41, 5.74) is 3.97. The first-order chi connectivity index (χ1) is 9.75. The summed E-state index contributed by atoms with van der Waals surface area (Å²) in [4.78, 5) is 13.5. The molecule has 0 spiro atoms. The van der Waals surface area contributed by atoms with E-state index < -0.39 is 23.8 Å². The molecule has 1 aliphatic rings. The minimum atomic E-state index is -4.57. The zero-order valence-corrected chi connectivity index (χ0v) is 11.2. The molecule has 1 aromatic rings. The molecule has 0 radical (unpaired) electrons. The van der Waals surface area contributed by atoms with Crippen molar-refractivity contribution in [3.05, 3.63) is 23.8 Å². The van der Waals surface area contributed by atoms with Gasteiger partial charge < -0.3 is 16.2 Å². The molecule has 1 saturated heterocycles. The average molecular weight is 303 g/mol. The van der Waals surface area contributed by atoms with Crippen LogP contribution in [0.5, 0.6) is 0 Å². The third kappa shape index (κ3) is 4.08. The van der Waals surface area contributed by atoms with Crippen molar-refractivity contribution in [3.63, 3.8) is 0 Å². The summed E-state index contributed by atoms with van der Waals surface area (Å²) in [5, 5.41) is 11.8. The van der Waals surface area contributed by atoms with Gasteiger partial charge in [-0.1, -0.05) is 0 Å². The molecule has 1 amide bonds. The molecule has 0 saturated carbocycles. The molecule has 8 heteroatoms. The number of amides is 1. The predicted octanol–water partition coefficient (Wildman–Crippen LogP) is 1.29. The summed E-state index contributed by atoms with van der Waals surface area (Å²) in [6, 6.07) is 3.24. The van der Waals surface area contributed by atoms with Crippen molar-refractivity contribution in [2.45, 2.75) is 18.7 Å². The van der Waals surface area contributed by atoms with Gasteiger partial charge in [-0.3, -0.25) is 9.69 Å². The maximum atomic E-state index is 12.7. The van der Waals surface area contributed by atoms with E-state index in [0.29, 0.717) is 19.5 Å². The third-order valence-electron chi connectivity index (χ3n) is 3.26. The normalized spacial score (nSPS) is 19.7. The van der Waals surface area contributed by atoms with Crippen LogP contribution in [0, 0.1) is 0 Å². The lowest BCUT2D eigenvalue weighted by molar-refractivity contribution is -0.137. The molecule has 1 aromatic carbocycles. The van der Waals surface area contributed by atoms with Gasteiger partial charge in [-0.2, -0.15) is 13.2 Å². The first kappa shape index (κ1) is 15.6. The maximum Gasteiger partial charge on any atom is 0.418 e. The second-order valence-corrected chi connectivity index (χ2v) is 5.03. The van der Waals surface area contributed by atoms with E-state index in [0.717, 1.165) is 12.1 Å². The molecule has 0 aliphatic carbocycles. The highest BCUT2D eigenvalue weighted by Crippen LogP contribution is 2.35. The topological polar surface area (TPSA) is 78.6 Å². The minimum absolute atomic E-state index is 0.0305. The van der Waals surface area contributed by atoms with Gasteiger partial charge in [0.05, 0.1) is 18.2 Å². The largest absolute Gasteiger partial charge is 0.418 e. The Bertz CT molecular complexity index is 534. The Kier molecular flexibility index (Phi) is 4.38. The Morgan fingerprint density at radius 1 is 1.48 bits per heavy atom. The fourth-order valence-electron chi connectivity index (χ4n) is 2.24. The van der Waals surface area contributed by atoms with Crippen molar-refractivity contribution in [2.24, 2.45) is 0 Å². The maximum absolute atomic E-state index is 12.7. The lowest BCUT2D eigenvalue weighted by Crippen LogP contribution is -2.32. The van der Waals surface area contributed by atoms with Crippen molar-refractivity contribution in [3.8, 4) is 0 Å². The molecular formula is C13H16F3N3O2. The van der Waals surface area contributed by atoms with Gasteiger partial charge in [0.15, 0.2) is 0 Å². The van der Waals surface area contributed by atoms with E-state index in [1.165, 1.54) is 6.07 Å². The molecule has 21 heavy (non-hydrogen) atoms. The highest BCUT2D eigenvalue weighted by atomic mass is 19.4. The number of hydrogen-bond acceptors (Lipinski definition) is 4. The van der Waals surface area contributed by atoms with Gasteiger partial charge in [-0.05, 0) is 24.6 Å². The summed E-state index contributed by atoms with van der Waals surface area (Å²) in [6.07, 6.45) is -4.43. The van der Waals surface area contributed by atoms with E-state index in [1.54, 1.807) is 4.90 Å². The Balaban J connectivity index is 2.01.